The quantitative estimate of drug-likeness (QED) is 0.891. The molecule has 0 saturated carbocycles. The fraction of sp³-hybridized carbons (Fsp3) is 0.500. The van der Waals surface area contributed by atoms with Gasteiger partial charge in [-0.05, 0) is 38.5 Å². The molecule has 2 atom stereocenters. The van der Waals surface area contributed by atoms with Crippen molar-refractivity contribution < 1.29 is 14.6 Å². The van der Waals surface area contributed by atoms with Crippen LogP contribution >= 0.6 is 0 Å². The van der Waals surface area contributed by atoms with Gasteiger partial charge >= 0.3 is 6.03 Å². The van der Waals surface area contributed by atoms with Crippen LogP contribution in [0.2, 0.25) is 0 Å². The number of aliphatic hydroxyl groups is 1. The van der Waals surface area contributed by atoms with E-state index in [2.05, 4.69) is 0 Å². The number of fused-ring (bicyclic) bond motifs is 1. The first-order valence-electron chi connectivity index (χ1n) is 7.29. The molecule has 0 bridgehead atoms. The van der Waals surface area contributed by atoms with Gasteiger partial charge in [-0.3, -0.25) is 0 Å². The Morgan fingerprint density at radius 2 is 2.23 bits per heavy atom. The van der Waals surface area contributed by atoms with Gasteiger partial charge in [0.05, 0.1) is 11.6 Å². The van der Waals surface area contributed by atoms with Crippen LogP contribution in [0.25, 0.3) is 0 Å². The van der Waals surface area contributed by atoms with E-state index in [1.165, 1.54) is 4.90 Å². The first-order valence-corrected chi connectivity index (χ1v) is 7.29. The third-order valence-corrected chi connectivity index (χ3v) is 3.93. The highest BCUT2D eigenvalue weighted by Gasteiger charge is 2.47. The average molecular weight is 303 g/mol. The van der Waals surface area contributed by atoms with E-state index >= 15 is 0 Å². The van der Waals surface area contributed by atoms with E-state index in [0.717, 1.165) is 0 Å². The van der Waals surface area contributed by atoms with E-state index in [9.17, 15) is 9.90 Å². The molecule has 0 spiro atoms. The molecule has 0 aliphatic carbocycles. The van der Waals surface area contributed by atoms with E-state index < -0.39 is 23.8 Å². The maximum Gasteiger partial charge on any atom is 0.315 e. The number of hydrogen-bond acceptors (Lipinski definition) is 4. The Morgan fingerprint density at radius 1 is 1.55 bits per heavy atom. The highest BCUT2D eigenvalue weighted by atomic mass is 16.5. The zero-order valence-electron chi connectivity index (χ0n) is 13.0. The van der Waals surface area contributed by atoms with Crippen LogP contribution in [-0.4, -0.2) is 34.2 Å². The van der Waals surface area contributed by atoms with Crippen LogP contribution in [0.3, 0.4) is 0 Å². The van der Waals surface area contributed by atoms with Gasteiger partial charge in [-0.2, -0.15) is 5.26 Å². The minimum atomic E-state index is -0.967. The number of carbonyl (C=O) groups is 1. The summed E-state index contributed by atoms with van der Waals surface area (Å²) in [5.74, 6) is 0.522. The predicted molar refractivity (Wildman–Crippen MR) is 81.2 cm³/mol. The smallest absolute Gasteiger partial charge is 0.315 e. The van der Waals surface area contributed by atoms with Crippen molar-refractivity contribution in [1.29, 1.82) is 5.26 Å². The summed E-state index contributed by atoms with van der Waals surface area (Å²) in [6.07, 6.45) is -0.251. The molecule has 0 unspecified atom stereocenters. The standard InChI is InChI=1S/C16H21N3O3/c1-4-7-19(15(18)21)14-13(20)11-8-10(9-17)5-6-12(11)22-16(14,2)3/h5-6,8,13-14,20H,4,7H2,1-3H3,(H2,18,21)/t13-,14+/m0/s1. The molecule has 0 radical (unpaired) electrons. The topological polar surface area (TPSA) is 99.6 Å². The SMILES string of the molecule is CCCN(C(N)=O)[C@@H]1[C@@H](O)c2cc(C#N)ccc2OC1(C)C. The van der Waals surface area contributed by atoms with Gasteiger partial charge in [-0.1, -0.05) is 6.92 Å². The maximum atomic E-state index is 11.8. The van der Waals surface area contributed by atoms with Crippen molar-refractivity contribution in [1.82, 2.24) is 4.90 Å². The van der Waals surface area contributed by atoms with Gasteiger partial charge in [0.2, 0.25) is 0 Å². The number of carbonyl (C=O) groups excluding carboxylic acids is 1. The third-order valence-electron chi connectivity index (χ3n) is 3.93. The Kier molecular flexibility index (Phi) is 4.29. The number of ether oxygens (including phenoxy) is 1. The van der Waals surface area contributed by atoms with Gasteiger partial charge in [0.25, 0.3) is 0 Å². The number of rotatable bonds is 3. The summed E-state index contributed by atoms with van der Waals surface area (Å²) in [5, 5.41) is 19.8. The molecule has 1 aromatic carbocycles. The Morgan fingerprint density at radius 3 is 2.77 bits per heavy atom. The third kappa shape index (κ3) is 2.72. The van der Waals surface area contributed by atoms with Gasteiger partial charge in [0.1, 0.15) is 23.5 Å². The molecule has 0 fully saturated rings. The van der Waals surface area contributed by atoms with E-state index in [4.69, 9.17) is 15.7 Å². The number of nitrogens with zero attached hydrogens (tertiary/aromatic N) is 2. The Hall–Kier alpha value is -2.26. The molecule has 118 valence electrons. The first-order chi connectivity index (χ1) is 10.3. The first kappa shape index (κ1) is 16.1. The highest BCUT2D eigenvalue weighted by Crippen LogP contribution is 2.42. The predicted octanol–water partition coefficient (Wildman–Crippen LogP) is 1.92. The molecule has 1 aromatic rings. The monoisotopic (exact) mass is 303 g/mol. The molecule has 0 saturated heterocycles. The molecule has 1 aliphatic rings. The molecular weight excluding hydrogens is 282 g/mol. The molecule has 2 rings (SSSR count). The second kappa shape index (κ2) is 5.85. The van der Waals surface area contributed by atoms with Crippen LogP contribution in [0.4, 0.5) is 4.79 Å². The van der Waals surface area contributed by atoms with Crippen molar-refractivity contribution in [2.24, 2.45) is 5.73 Å². The number of hydrogen-bond donors (Lipinski definition) is 2. The number of nitriles is 1. The lowest BCUT2D eigenvalue weighted by Crippen LogP contribution is -2.60. The van der Waals surface area contributed by atoms with Gasteiger partial charge in [0, 0.05) is 12.1 Å². The van der Waals surface area contributed by atoms with Gasteiger partial charge in [0.15, 0.2) is 0 Å². The van der Waals surface area contributed by atoms with Crippen molar-refractivity contribution in [3.63, 3.8) is 0 Å². The van der Waals surface area contributed by atoms with Crippen LogP contribution in [0.15, 0.2) is 18.2 Å². The Labute approximate surface area is 130 Å². The minimum absolute atomic E-state index is 0.428. The van der Waals surface area contributed by atoms with E-state index in [0.29, 0.717) is 29.8 Å². The van der Waals surface area contributed by atoms with E-state index in [1.54, 1.807) is 18.2 Å². The highest BCUT2D eigenvalue weighted by molar-refractivity contribution is 5.73. The number of nitrogens with two attached hydrogens (primary N) is 1. The van der Waals surface area contributed by atoms with Gasteiger partial charge < -0.3 is 20.5 Å². The summed E-state index contributed by atoms with van der Waals surface area (Å²) in [7, 11) is 0. The molecule has 3 N–H and O–H groups in total. The van der Waals surface area contributed by atoms with Crippen LogP contribution in [0, 0.1) is 11.3 Å². The molecule has 1 aliphatic heterocycles. The summed E-state index contributed by atoms with van der Waals surface area (Å²) in [6.45, 7) is 5.99. The maximum absolute atomic E-state index is 11.8. The van der Waals surface area contributed by atoms with Crippen LogP contribution in [-0.2, 0) is 0 Å². The second-order valence-electron chi connectivity index (χ2n) is 5.99. The van der Waals surface area contributed by atoms with Gasteiger partial charge in [-0.15, -0.1) is 0 Å². The van der Waals surface area contributed by atoms with Crippen molar-refractivity contribution in [2.75, 3.05) is 6.54 Å². The van der Waals surface area contributed by atoms with Crippen molar-refractivity contribution in [2.45, 2.75) is 44.9 Å². The fourth-order valence-electron chi connectivity index (χ4n) is 3.01. The number of benzene rings is 1. The summed E-state index contributed by atoms with van der Waals surface area (Å²) >= 11 is 0. The molecule has 22 heavy (non-hydrogen) atoms. The van der Waals surface area contributed by atoms with Crippen LogP contribution in [0.1, 0.15) is 44.4 Å². The van der Waals surface area contributed by atoms with Crippen molar-refractivity contribution in [3.8, 4) is 11.8 Å². The van der Waals surface area contributed by atoms with Gasteiger partial charge in [-0.25, -0.2) is 4.79 Å². The van der Waals surface area contributed by atoms with Crippen LogP contribution < -0.4 is 10.5 Å². The average Bonchev–Trinajstić information content (AvgIpc) is 2.45. The summed E-state index contributed by atoms with van der Waals surface area (Å²) in [4.78, 5) is 13.2. The van der Waals surface area contributed by atoms with Crippen molar-refractivity contribution in [3.05, 3.63) is 29.3 Å². The van der Waals surface area contributed by atoms with E-state index in [1.807, 2.05) is 26.8 Å². The zero-order chi connectivity index (χ0) is 16.5. The number of amides is 2. The molecule has 0 aromatic heterocycles. The molecular formula is C16H21N3O3. The zero-order valence-corrected chi connectivity index (χ0v) is 13.0. The lowest BCUT2D eigenvalue weighted by Gasteiger charge is -2.47. The lowest BCUT2D eigenvalue weighted by molar-refractivity contribution is -0.0671. The molecule has 6 heteroatoms. The van der Waals surface area contributed by atoms with Crippen molar-refractivity contribution >= 4 is 6.03 Å². The fourth-order valence-corrected chi connectivity index (χ4v) is 3.01. The second-order valence-corrected chi connectivity index (χ2v) is 5.99. The summed E-state index contributed by atoms with van der Waals surface area (Å²) < 4.78 is 5.96. The lowest BCUT2D eigenvalue weighted by atomic mass is 9.84. The summed E-state index contributed by atoms with van der Waals surface area (Å²) in [5.41, 5.74) is 5.62. The Balaban J connectivity index is 2.50. The minimum Gasteiger partial charge on any atom is -0.485 e. The largest absolute Gasteiger partial charge is 0.485 e. The Bertz CT molecular complexity index is 622. The molecule has 2 amide bonds. The van der Waals surface area contributed by atoms with Crippen LogP contribution in [0.5, 0.6) is 5.75 Å². The normalized spacial score (nSPS) is 22.1. The number of aliphatic hydroxyl groups excluding tert-OH is 1. The summed E-state index contributed by atoms with van der Waals surface area (Å²) in [6, 6.07) is 5.72. The number of primary amides is 1. The molecule has 1 heterocycles. The van der Waals surface area contributed by atoms with E-state index in [-0.39, 0.29) is 0 Å². The molecule has 6 nitrogen and oxygen atoms in total. The number of urea groups is 1.